The average molecular weight is 431 g/mol. The van der Waals surface area contributed by atoms with E-state index in [1.54, 1.807) is 4.57 Å². The van der Waals surface area contributed by atoms with Crippen molar-refractivity contribution in [2.24, 2.45) is 14.1 Å². The lowest BCUT2D eigenvalue weighted by molar-refractivity contribution is 0.0937. The maximum Gasteiger partial charge on any atom is 0.332 e. The van der Waals surface area contributed by atoms with Crippen molar-refractivity contribution in [3.8, 4) is 5.75 Å². The van der Waals surface area contributed by atoms with Crippen molar-refractivity contribution >= 4 is 17.1 Å². The summed E-state index contributed by atoms with van der Waals surface area (Å²) in [5.41, 5.74) is 1.69. The van der Waals surface area contributed by atoms with Crippen LogP contribution in [-0.2, 0) is 20.6 Å². The van der Waals surface area contributed by atoms with Gasteiger partial charge in [-0.1, -0.05) is 6.07 Å². The number of hydrogen-bond acceptors (Lipinski definition) is 7. The van der Waals surface area contributed by atoms with E-state index in [0.29, 0.717) is 24.7 Å². The molecule has 10 nitrogen and oxygen atoms in total. The van der Waals surface area contributed by atoms with E-state index in [2.05, 4.69) is 10.3 Å². The molecule has 2 heterocycles. The lowest BCUT2D eigenvalue weighted by Gasteiger charge is -2.16. The number of aliphatic hydroxyl groups is 2. The number of aromatic nitrogens is 4. The molecule has 0 aliphatic rings. The zero-order valence-corrected chi connectivity index (χ0v) is 18.3. The van der Waals surface area contributed by atoms with Crippen molar-refractivity contribution in [3.05, 3.63) is 50.2 Å². The van der Waals surface area contributed by atoms with E-state index < -0.39 is 17.4 Å². The van der Waals surface area contributed by atoms with E-state index in [9.17, 15) is 14.7 Å². The summed E-state index contributed by atoms with van der Waals surface area (Å²) in [6.45, 7) is 4.47. The van der Waals surface area contributed by atoms with E-state index in [0.717, 1.165) is 15.7 Å². The van der Waals surface area contributed by atoms with Crippen molar-refractivity contribution in [2.45, 2.75) is 32.9 Å². The van der Waals surface area contributed by atoms with Gasteiger partial charge in [0.25, 0.3) is 5.56 Å². The topological polar surface area (TPSA) is 124 Å². The Morgan fingerprint density at radius 3 is 2.58 bits per heavy atom. The Bertz CT molecular complexity index is 1190. The molecule has 168 valence electrons. The van der Waals surface area contributed by atoms with Gasteiger partial charge in [0.15, 0.2) is 11.2 Å². The van der Waals surface area contributed by atoms with Crippen LogP contribution in [0.15, 0.2) is 27.8 Å². The van der Waals surface area contributed by atoms with Crippen LogP contribution in [0.25, 0.3) is 11.2 Å². The van der Waals surface area contributed by atoms with Gasteiger partial charge in [0, 0.05) is 27.2 Å². The van der Waals surface area contributed by atoms with E-state index in [1.165, 1.54) is 18.7 Å². The molecule has 0 bridgehead atoms. The molecule has 3 aromatic rings. The van der Waals surface area contributed by atoms with Gasteiger partial charge in [0.2, 0.25) is 5.95 Å². The van der Waals surface area contributed by atoms with Crippen LogP contribution in [0.3, 0.4) is 0 Å². The molecule has 0 spiro atoms. The first-order valence-corrected chi connectivity index (χ1v) is 10.1. The molecule has 0 radical (unpaired) electrons. The third kappa shape index (κ3) is 4.64. The van der Waals surface area contributed by atoms with Gasteiger partial charge in [-0.25, -0.2) is 4.79 Å². The Balaban J connectivity index is 1.91. The maximum absolute atomic E-state index is 12.8. The van der Waals surface area contributed by atoms with Crippen LogP contribution in [0, 0.1) is 13.8 Å². The first-order chi connectivity index (χ1) is 14.7. The van der Waals surface area contributed by atoms with E-state index in [1.807, 2.05) is 32.0 Å². The Hall–Kier alpha value is -3.11. The number of nitrogens with one attached hydrogen (secondary N) is 1. The van der Waals surface area contributed by atoms with Gasteiger partial charge in [-0.3, -0.25) is 13.9 Å². The van der Waals surface area contributed by atoms with Crippen molar-refractivity contribution < 1.29 is 14.9 Å². The summed E-state index contributed by atoms with van der Waals surface area (Å²) in [6, 6.07) is 5.70. The third-order valence-electron chi connectivity index (χ3n) is 5.28. The molecule has 0 saturated heterocycles. The Morgan fingerprint density at radius 2 is 1.90 bits per heavy atom. The molecule has 0 unspecified atom stereocenters. The number of imidazole rings is 1. The van der Waals surface area contributed by atoms with Crippen molar-refractivity contribution in [2.75, 3.05) is 25.1 Å². The standard InChI is InChI=1S/C21H29N5O5/c1-13-6-7-16(10-14(13)2)31-12-15(28)11-26-17-18(23-20(26)22-8-5-9-27)24(3)21(30)25(4)19(17)29/h6-7,10,15,27-28H,5,8-9,11-12H2,1-4H3,(H,22,23)/t15-/m0/s1. The van der Waals surface area contributed by atoms with Gasteiger partial charge in [-0.2, -0.15) is 4.98 Å². The van der Waals surface area contributed by atoms with Gasteiger partial charge in [0.05, 0.1) is 6.54 Å². The number of aryl methyl sites for hydroxylation is 3. The molecule has 0 aliphatic heterocycles. The molecular formula is C21H29N5O5. The second-order valence-corrected chi connectivity index (χ2v) is 7.64. The van der Waals surface area contributed by atoms with Crippen molar-refractivity contribution in [1.82, 2.24) is 18.7 Å². The quantitative estimate of drug-likeness (QED) is 0.416. The Kier molecular flexibility index (Phi) is 6.81. The fourth-order valence-electron chi connectivity index (χ4n) is 3.30. The lowest BCUT2D eigenvalue weighted by Crippen LogP contribution is -2.38. The average Bonchev–Trinajstić information content (AvgIpc) is 3.10. The number of fused-ring (bicyclic) bond motifs is 1. The number of rotatable bonds is 9. The normalized spacial score (nSPS) is 12.3. The molecule has 0 fully saturated rings. The molecule has 10 heteroatoms. The van der Waals surface area contributed by atoms with E-state index in [4.69, 9.17) is 9.84 Å². The van der Waals surface area contributed by atoms with Gasteiger partial charge >= 0.3 is 5.69 Å². The first kappa shape index (κ1) is 22.6. The fourth-order valence-corrected chi connectivity index (χ4v) is 3.30. The predicted molar refractivity (Wildman–Crippen MR) is 118 cm³/mol. The van der Waals surface area contributed by atoms with Crippen LogP contribution in [0.5, 0.6) is 5.75 Å². The van der Waals surface area contributed by atoms with Crippen LogP contribution < -0.4 is 21.3 Å². The van der Waals surface area contributed by atoms with Crippen LogP contribution in [0.2, 0.25) is 0 Å². The summed E-state index contributed by atoms with van der Waals surface area (Å²) < 4.78 is 9.59. The summed E-state index contributed by atoms with van der Waals surface area (Å²) in [6.07, 6.45) is -0.446. The monoisotopic (exact) mass is 431 g/mol. The second kappa shape index (κ2) is 9.36. The molecule has 1 atom stereocenters. The number of benzene rings is 1. The number of aliphatic hydroxyl groups excluding tert-OH is 2. The molecular weight excluding hydrogens is 402 g/mol. The minimum Gasteiger partial charge on any atom is -0.491 e. The molecule has 31 heavy (non-hydrogen) atoms. The highest BCUT2D eigenvalue weighted by atomic mass is 16.5. The molecule has 2 aromatic heterocycles. The van der Waals surface area contributed by atoms with Crippen molar-refractivity contribution in [1.29, 1.82) is 0 Å². The number of hydrogen-bond donors (Lipinski definition) is 3. The SMILES string of the molecule is Cc1ccc(OC[C@@H](O)Cn2c(NCCCO)nc3c2c(=O)n(C)c(=O)n3C)cc1C. The van der Waals surface area contributed by atoms with E-state index >= 15 is 0 Å². The zero-order chi connectivity index (χ0) is 22.7. The predicted octanol–water partition coefficient (Wildman–Crippen LogP) is 0.285. The summed E-state index contributed by atoms with van der Waals surface area (Å²) in [5, 5.41) is 22.7. The van der Waals surface area contributed by atoms with Gasteiger partial charge in [0.1, 0.15) is 18.5 Å². The molecule has 0 saturated carbocycles. The Morgan fingerprint density at radius 1 is 1.16 bits per heavy atom. The lowest BCUT2D eigenvalue weighted by atomic mass is 10.1. The minimum atomic E-state index is -0.931. The summed E-state index contributed by atoms with van der Waals surface area (Å²) in [4.78, 5) is 29.5. The smallest absolute Gasteiger partial charge is 0.332 e. The van der Waals surface area contributed by atoms with Crippen LogP contribution in [0.4, 0.5) is 5.95 Å². The highest BCUT2D eigenvalue weighted by Crippen LogP contribution is 2.19. The molecule has 0 amide bonds. The Labute approximate surface area is 179 Å². The zero-order valence-electron chi connectivity index (χ0n) is 18.3. The molecule has 3 rings (SSSR count). The fraction of sp³-hybridized carbons (Fsp3) is 0.476. The number of ether oxygens (including phenoxy) is 1. The summed E-state index contributed by atoms with van der Waals surface area (Å²) >= 11 is 0. The maximum atomic E-state index is 12.8. The van der Waals surface area contributed by atoms with Gasteiger partial charge < -0.3 is 24.8 Å². The summed E-state index contributed by atoms with van der Waals surface area (Å²) in [7, 11) is 2.94. The molecule has 3 N–H and O–H groups in total. The van der Waals surface area contributed by atoms with Gasteiger partial charge in [-0.05, 0) is 43.5 Å². The first-order valence-electron chi connectivity index (χ1n) is 10.1. The van der Waals surface area contributed by atoms with Crippen LogP contribution in [0.1, 0.15) is 17.5 Å². The largest absolute Gasteiger partial charge is 0.491 e. The number of nitrogens with zero attached hydrogens (tertiary/aromatic N) is 4. The highest BCUT2D eigenvalue weighted by molar-refractivity contribution is 5.74. The van der Waals surface area contributed by atoms with Crippen LogP contribution in [-0.4, -0.2) is 54.8 Å². The highest BCUT2D eigenvalue weighted by Gasteiger charge is 2.21. The molecule has 0 aliphatic carbocycles. The van der Waals surface area contributed by atoms with Gasteiger partial charge in [-0.15, -0.1) is 0 Å². The molecule has 1 aromatic carbocycles. The summed E-state index contributed by atoms with van der Waals surface area (Å²) in [5.74, 6) is 0.990. The third-order valence-corrected chi connectivity index (χ3v) is 5.28. The minimum absolute atomic E-state index is 0.0000877. The number of anilines is 1. The van der Waals surface area contributed by atoms with Crippen LogP contribution >= 0.6 is 0 Å². The van der Waals surface area contributed by atoms with E-state index in [-0.39, 0.29) is 30.9 Å². The van der Waals surface area contributed by atoms with Crippen molar-refractivity contribution in [3.63, 3.8) is 0 Å². The second-order valence-electron chi connectivity index (χ2n) is 7.64.